The molecule has 0 bridgehead atoms. The fraction of sp³-hybridized carbons (Fsp3) is 0.946. The molecule has 4 unspecified atom stereocenters. The lowest BCUT2D eigenvalue weighted by Crippen LogP contribution is -2.30. The quantitative estimate of drug-likeness (QED) is 0.0222. The Morgan fingerprint density at radius 2 is 0.516 bits per heavy atom. The molecule has 0 aromatic carbocycles. The maximum atomic E-state index is 13.0. The number of hydrogen-bond donors (Lipinski definition) is 3. The second kappa shape index (κ2) is 63.5. The van der Waals surface area contributed by atoms with E-state index in [1.54, 1.807) is 0 Å². The van der Waals surface area contributed by atoms with Crippen LogP contribution in [0.3, 0.4) is 0 Å². The number of esters is 4. The zero-order valence-electron chi connectivity index (χ0n) is 60.9. The number of aliphatic hydroxyl groups is 1. The number of aliphatic hydroxyl groups excluding tert-OH is 1. The van der Waals surface area contributed by atoms with Gasteiger partial charge < -0.3 is 33.8 Å². The summed E-state index contributed by atoms with van der Waals surface area (Å²) in [4.78, 5) is 72.7. The lowest BCUT2D eigenvalue weighted by Gasteiger charge is -2.21. The third kappa shape index (κ3) is 67.0. The highest BCUT2D eigenvalue weighted by Gasteiger charge is 2.30. The molecule has 93 heavy (non-hydrogen) atoms. The zero-order valence-corrected chi connectivity index (χ0v) is 62.7. The number of carbonyl (C=O) groups is 4. The Morgan fingerprint density at radius 3 is 0.763 bits per heavy atom. The van der Waals surface area contributed by atoms with Gasteiger partial charge in [-0.2, -0.15) is 0 Å². The van der Waals surface area contributed by atoms with Gasteiger partial charge >= 0.3 is 39.5 Å². The molecule has 0 aliphatic heterocycles. The molecule has 0 saturated heterocycles. The number of phosphoric acid groups is 2. The monoisotopic (exact) mass is 1370 g/mol. The lowest BCUT2D eigenvalue weighted by atomic mass is 10.00. The molecule has 0 radical (unpaired) electrons. The highest BCUT2D eigenvalue weighted by atomic mass is 31.2. The van der Waals surface area contributed by atoms with Crippen LogP contribution in [0.2, 0.25) is 0 Å². The van der Waals surface area contributed by atoms with Crippen LogP contribution in [0.5, 0.6) is 0 Å². The van der Waals surface area contributed by atoms with Crippen molar-refractivity contribution in [1.29, 1.82) is 0 Å². The van der Waals surface area contributed by atoms with Crippen molar-refractivity contribution in [3.8, 4) is 0 Å². The molecule has 0 spiro atoms. The van der Waals surface area contributed by atoms with E-state index in [9.17, 15) is 43.2 Å². The number of ether oxygens (including phenoxy) is 4. The first-order valence-corrected chi connectivity index (χ1v) is 41.2. The largest absolute Gasteiger partial charge is 0.472 e. The third-order valence-corrected chi connectivity index (χ3v) is 19.3. The van der Waals surface area contributed by atoms with Crippen LogP contribution in [0.25, 0.3) is 0 Å². The van der Waals surface area contributed by atoms with E-state index in [1.165, 1.54) is 173 Å². The summed E-state index contributed by atoms with van der Waals surface area (Å²) in [6, 6.07) is 0. The van der Waals surface area contributed by atoms with E-state index in [0.29, 0.717) is 25.7 Å². The van der Waals surface area contributed by atoms with Crippen molar-refractivity contribution in [3.05, 3.63) is 0 Å². The Morgan fingerprint density at radius 1 is 0.301 bits per heavy atom. The van der Waals surface area contributed by atoms with Crippen LogP contribution < -0.4 is 0 Å². The van der Waals surface area contributed by atoms with Crippen molar-refractivity contribution in [2.24, 2.45) is 23.7 Å². The van der Waals surface area contributed by atoms with Gasteiger partial charge in [-0.05, 0) is 49.4 Å². The van der Waals surface area contributed by atoms with Gasteiger partial charge in [-0.15, -0.1) is 0 Å². The number of rotatable bonds is 71. The van der Waals surface area contributed by atoms with Gasteiger partial charge in [-0.1, -0.05) is 319 Å². The fourth-order valence-corrected chi connectivity index (χ4v) is 12.7. The molecule has 0 saturated carbocycles. The number of carbonyl (C=O) groups excluding carboxylic acids is 4. The molecule has 0 aromatic rings. The van der Waals surface area contributed by atoms with Crippen LogP contribution in [0.4, 0.5) is 0 Å². The van der Waals surface area contributed by atoms with Gasteiger partial charge in [0.05, 0.1) is 26.4 Å². The molecule has 0 fully saturated rings. The smallest absolute Gasteiger partial charge is 0.462 e. The number of phosphoric ester groups is 2. The normalized spacial score (nSPS) is 14.5. The van der Waals surface area contributed by atoms with Gasteiger partial charge in [-0.25, -0.2) is 9.13 Å². The van der Waals surface area contributed by atoms with Gasteiger partial charge in [0.25, 0.3) is 0 Å². The first-order chi connectivity index (χ1) is 44.6. The summed E-state index contributed by atoms with van der Waals surface area (Å²) in [6.45, 7) is 14.1. The number of unbranched alkanes of at least 4 members (excludes halogenated alkanes) is 36. The van der Waals surface area contributed by atoms with Gasteiger partial charge in [0.1, 0.15) is 19.3 Å². The Balaban J connectivity index is 5.19. The zero-order chi connectivity index (χ0) is 68.9. The maximum absolute atomic E-state index is 13.0. The van der Waals surface area contributed by atoms with Crippen molar-refractivity contribution in [1.82, 2.24) is 0 Å². The Kier molecular flexibility index (Phi) is 62.2. The molecule has 0 aliphatic rings. The molecule has 0 rings (SSSR count). The van der Waals surface area contributed by atoms with Gasteiger partial charge in [0, 0.05) is 25.7 Å². The van der Waals surface area contributed by atoms with Crippen molar-refractivity contribution in [2.45, 2.75) is 388 Å². The van der Waals surface area contributed by atoms with E-state index in [2.05, 4.69) is 55.4 Å². The predicted molar refractivity (Wildman–Crippen MR) is 377 cm³/mol. The van der Waals surface area contributed by atoms with E-state index in [0.717, 1.165) is 114 Å². The molecule has 19 heteroatoms. The molecule has 6 atom stereocenters. The van der Waals surface area contributed by atoms with Crippen molar-refractivity contribution < 1.29 is 80.2 Å². The molecule has 17 nitrogen and oxygen atoms in total. The Labute approximate surface area is 568 Å². The summed E-state index contributed by atoms with van der Waals surface area (Å²) < 4.78 is 68.4. The lowest BCUT2D eigenvalue weighted by molar-refractivity contribution is -0.161. The summed E-state index contributed by atoms with van der Waals surface area (Å²) in [5, 5.41) is 10.6. The minimum atomic E-state index is -4.95. The van der Waals surface area contributed by atoms with Crippen LogP contribution in [-0.4, -0.2) is 96.7 Å². The highest BCUT2D eigenvalue weighted by Crippen LogP contribution is 2.45. The molecular weight excluding hydrogens is 1220 g/mol. The minimum absolute atomic E-state index is 0.103. The van der Waals surface area contributed by atoms with E-state index in [1.807, 2.05) is 0 Å². The van der Waals surface area contributed by atoms with E-state index >= 15 is 0 Å². The predicted octanol–water partition coefficient (Wildman–Crippen LogP) is 21.3. The fourth-order valence-electron chi connectivity index (χ4n) is 11.2. The summed E-state index contributed by atoms with van der Waals surface area (Å²) >= 11 is 0. The molecule has 3 N–H and O–H groups in total. The van der Waals surface area contributed by atoms with E-state index in [-0.39, 0.29) is 25.7 Å². The first-order valence-electron chi connectivity index (χ1n) is 38.2. The second-order valence-corrected chi connectivity index (χ2v) is 31.3. The van der Waals surface area contributed by atoms with Gasteiger partial charge in [-0.3, -0.25) is 37.3 Å². The van der Waals surface area contributed by atoms with Gasteiger partial charge in [0.15, 0.2) is 12.2 Å². The Hall–Kier alpha value is -1.94. The highest BCUT2D eigenvalue weighted by molar-refractivity contribution is 7.47. The summed E-state index contributed by atoms with van der Waals surface area (Å²) in [6.07, 6.45) is 47.4. The van der Waals surface area contributed by atoms with Crippen molar-refractivity contribution in [3.63, 3.8) is 0 Å². The molecule has 0 aliphatic carbocycles. The van der Waals surface area contributed by atoms with Crippen LogP contribution in [0, 0.1) is 23.7 Å². The average Bonchev–Trinajstić information content (AvgIpc) is 1.66. The topological polar surface area (TPSA) is 237 Å². The summed E-state index contributed by atoms with van der Waals surface area (Å²) in [5.74, 6) is 0.884. The van der Waals surface area contributed by atoms with Crippen LogP contribution in [0.1, 0.15) is 370 Å². The van der Waals surface area contributed by atoms with Crippen molar-refractivity contribution >= 4 is 39.5 Å². The summed E-state index contributed by atoms with van der Waals surface area (Å²) in [7, 11) is -9.91. The second-order valence-electron chi connectivity index (χ2n) is 28.4. The molecule has 0 heterocycles. The van der Waals surface area contributed by atoms with Crippen LogP contribution in [0.15, 0.2) is 0 Å². The van der Waals surface area contributed by atoms with Gasteiger partial charge in [0.2, 0.25) is 0 Å². The SMILES string of the molecule is CCC(C)CCCCCCCCC(=O)O[C@H](COC(=O)CCCCCCCCCCCCCCCCCCC(C)C)COP(=O)(O)OCC(O)COP(=O)(O)OC[C@@H](COC(=O)CCCCCCCCCCC(C)C)OC(=O)CCCCCCCCCCCCC(C)C. The number of hydrogen-bond acceptors (Lipinski definition) is 15. The van der Waals surface area contributed by atoms with Crippen LogP contribution in [-0.2, 0) is 65.4 Å². The standard InChI is InChI=1S/C74H144O17P2/c1-9-67(8)53-45-37-32-33-41-49-57-74(79)91-70(61-84-71(76)54-46-38-29-22-17-15-13-11-10-12-14-16-20-26-34-42-50-64(2)3)63-89-93(82,83)87-59-68(75)58-86-92(80,81)88-62-69(60-85-72(77)55-47-39-30-25-24-28-36-44-52-66(6)7)90-73(78)56-48-40-31-23-19-18-21-27-35-43-51-65(4)5/h64-70,75H,9-63H2,1-8H3,(H,80,81)(H,82,83)/t67?,68?,69-,70-/m1/s1. The molecule has 0 aromatic heterocycles. The van der Waals surface area contributed by atoms with E-state index < -0.39 is 97.5 Å². The molecular formula is C74H144O17P2. The average molecular weight is 1370 g/mol. The molecule has 0 amide bonds. The third-order valence-electron chi connectivity index (χ3n) is 17.4. The van der Waals surface area contributed by atoms with Crippen LogP contribution >= 0.6 is 15.6 Å². The van der Waals surface area contributed by atoms with E-state index in [4.69, 9.17) is 37.0 Å². The molecule has 552 valence electrons. The summed E-state index contributed by atoms with van der Waals surface area (Å²) in [5.41, 5.74) is 0. The van der Waals surface area contributed by atoms with Crippen molar-refractivity contribution in [2.75, 3.05) is 39.6 Å². The Bertz CT molecular complexity index is 1840. The first kappa shape index (κ1) is 91.1. The maximum Gasteiger partial charge on any atom is 0.472 e. The minimum Gasteiger partial charge on any atom is -0.462 e.